The zero-order chi connectivity index (χ0) is 33.3. The number of carbonyl (C=O) groups excluding carboxylic acids is 7. The summed E-state index contributed by atoms with van der Waals surface area (Å²) in [5.41, 5.74) is 0.327. The molecule has 0 fully saturated rings. The van der Waals surface area contributed by atoms with Gasteiger partial charge in [0.05, 0.1) is 6.54 Å². The van der Waals surface area contributed by atoms with Crippen molar-refractivity contribution >= 4 is 47.1 Å². The summed E-state index contributed by atoms with van der Waals surface area (Å²) in [6.07, 6.45) is 0.919. The summed E-state index contributed by atoms with van der Waals surface area (Å²) in [6, 6.07) is 4.30. The van der Waals surface area contributed by atoms with Crippen LogP contribution in [0.3, 0.4) is 0 Å². The molecule has 0 bridgehead atoms. The fourth-order valence-corrected chi connectivity index (χ4v) is 3.82. The van der Waals surface area contributed by atoms with Crippen molar-refractivity contribution in [2.75, 3.05) is 26.0 Å². The molecule has 0 aliphatic rings. The number of unbranched alkanes of at least 4 members (excludes halogenated alkanes) is 1. The van der Waals surface area contributed by atoms with Crippen molar-refractivity contribution in [3.63, 3.8) is 0 Å². The molecule has 6 N–H and O–H groups in total. The van der Waals surface area contributed by atoms with Gasteiger partial charge >= 0.3 is 6.09 Å². The van der Waals surface area contributed by atoms with Crippen molar-refractivity contribution < 1.29 is 38.3 Å². The molecule has 1 rings (SSSR count). The van der Waals surface area contributed by atoms with E-state index >= 15 is 0 Å². The van der Waals surface area contributed by atoms with Gasteiger partial charge in [-0.05, 0) is 64.7 Å². The van der Waals surface area contributed by atoms with Crippen LogP contribution < -0.4 is 31.9 Å². The van der Waals surface area contributed by atoms with E-state index in [1.54, 1.807) is 45.0 Å². The standard InChI is InChI=1S/C30H46N6O8/c1-19(37)9-7-8-10-25(39)34-21-13-11-20(12-14-21)17-23(27(41)33-18-26(40)32-6)35-28(42)22(15-16-24(38)31-5)36-29(43)44-30(2,3)4/h11-14,22-23H,7-10,15-18H2,1-6H3,(H,31,38)(H,32,40)(H,33,41)(H,34,39)(H,35,42)(H,36,43)/t22-,23-/m0/s1. The number of rotatable bonds is 17. The molecule has 0 aliphatic carbocycles. The Morgan fingerprint density at radius 3 is 1.93 bits per heavy atom. The molecule has 6 amide bonds. The number of benzene rings is 1. The fourth-order valence-electron chi connectivity index (χ4n) is 3.82. The van der Waals surface area contributed by atoms with Crippen LogP contribution in [0.1, 0.15) is 71.8 Å². The molecule has 14 heteroatoms. The van der Waals surface area contributed by atoms with E-state index in [2.05, 4.69) is 31.9 Å². The van der Waals surface area contributed by atoms with Crippen LogP contribution in [0.5, 0.6) is 0 Å². The molecule has 0 aliphatic heterocycles. The third-order valence-electron chi connectivity index (χ3n) is 6.14. The molecule has 0 aromatic heterocycles. The highest BCUT2D eigenvalue weighted by Gasteiger charge is 2.29. The van der Waals surface area contributed by atoms with Gasteiger partial charge in [0.2, 0.25) is 29.5 Å². The maximum absolute atomic E-state index is 13.3. The predicted molar refractivity (Wildman–Crippen MR) is 163 cm³/mol. The second kappa shape index (κ2) is 18.9. The summed E-state index contributed by atoms with van der Waals surface area (Å²) < 4.78 is 5.25. The number of Topliss-reactive ketones (excluding diaryl/α,β-unsaturated/α-hetero) is 1. The molecule has 0 unspecified atom stereocenters. The zero-order valence-electron chi connectivity index (χ0n) is 26.4. The first-order valence-corrected chi connectivity index (χ1v) is 14.5. The van der Waals surface area contributed by atoms with Gasteiger partial charge in [-0.3, -0.25) is 24.0 Å². The molecule has 44 heavy (non-hydrogen) atoms. The number of alkyl carbamates (subject to hydrolysis) is 1. The Balaban J connectivity index is 3.04. The average Bonchev–Trinajstić information content (AvgIpc) is 2.95. The minimum absolute atomic E-state index is 0.0131. The Kier molecular flexibility index (Phi) is 16.1. The van der Waals surface area contributed by atoms with E-state index in [1.165, 1.54) is 21.0 Å². The summed E-state index contributed by atoms with van der Waals surface area (Å²) in [5.74, 6) is -2.28. The highest BCUT2D eigenvalue weighted by molar-refractivity contribution is 5.93. The molecule has 1 aromatic carbocycles. The van der Waals surface area contributed by atoms with Gasteiger partial charge in [0.25, 0.3) is 0 Å². The molecule has 0 saturated heterocycles. The van der Waals surface area contributed by atoms with E-state index in [9.17, 15) is 33.6 Å². The quantitative estimate of drug-likeness (QED) is 0.139. The van der Waals surface area contributed by atoms with E-state index < -0.39 is 41.5 Å². The van der Waals surface area contributed by atoms with Gasteiger partial charge in [0.15, 0.2) is 0 Å². The van der Waals surface area contributed by atoms with Crippen LogP contribution in [0.4, 0.5) is 10.5 Å². The number of ether oxygens (including phenoxy) is 1. The van der Waals surface area contributed by atoms with Crippen LogP contribution in [0.2, 0.25) is 0 Å². The normalized spacial score (nSPS) is 12.1. The van der Waals surface area contributed by atoms with Crippen LogP contribution in [0.25, 0.3) is 0 Å². The van der Waals surface area contributed by atoms with E-state index in [0.717, 1.165) is 0 Å². The second-order valence-electron chi connectivity index (χ2n) is 11.2. The second-order valence-corrected chi connectivity index (χ2v) is 11.2. The summed E-state index contributed by atoms with van der Waals surface area (Å²) in [6.45, 7) is 6.16. The van der Waals surface area contributed by atoms with Gasteiger partial charge < -0.3 is 41.4 Å². The Morgan fingerprint density at radius 1 is 0.750 bits per heavy atom. The fraction of sp³-hybridized carbons (Fsp3) is 0.567. The molecule has 0 radical (unpaired) electrons. The molecular weight excluding hydrogens is 572 g/mol. The topological polar surface area (TPSA) is 201 Å². The van der Waals surface area contributed by atoms with Gasteiger partial charge in [0, 0.05) is 45.5 Å². The number of ketones is 1. The van der Waals surface area contributed by atoms with Gasteiger partial charge in [0.1, 0.15) is 23.5 Å². The first kappa shape index (κ1) is 37.5. The van der Waals surface area contributed by atoms with Crippen LogP contribution in [-0.4, -0.2) is 79.7 Å². The van der Waals surface area contributed by atoms with E-state index in [-0.39, 0.29) is 49.8 Å². The molecule has 0 heterocycles. The zero-order valence-corrected chi connectivity index (χ0v) is 26.4. The summed E-state index contributed by atoms with van der Waals surface area (Å²) in [7, 11) is 2.86. The minimum atomic E-state index is -1.20. The molecule has 244 valence electrons. The van der Waals surface area contributed by atoms with Gasteiger partial charge in [-0.2, -0.15) is 0 Å². The first-order chi connectivity index (χ1) is 20.6. The Bertz CT molecular complexity index is 1160. The van der Waals surface area contributed by atoms with Gasteiger partial charge in [-0.15, -0.1) is 0 Å². The van der Waals surface area contributed by atoms with Gasteiger partial charge in [-0.25, -0.2) is 4.79 Å². The lowest BCUT2D eigenvalue weighted by Gasteiger charge is -2.25. The van der Waals surface area contributed by atoms with E-state index in [1.807, 2.05) is 0 Å². The maximum Gasteiger partial charge on any atom is 0.408 e. The first-order valence-electron chi connectivity index (χ1n) is 14.5. The molecule has 2 atom stereocenters. The third-order valence-corrected chi connectivity index (χ3v) is 6.14. The molecular formula is C30H46N6O8. The summed E-state index contributed by atoms with van der Waals surface area (Å²) in [5, 5.41) is 15.2. The Morgan fingerprint density at radius 2 is 1.36 bits per heavy atom. The number of likely N-dealkylation sites (N-methyl/N-ethyl adjacent to an activating group) is 1. The number of amides is 6. The number of hydrogen-bond donors (Lipinski definition) is 6. The average molecular weight is 619 g/mol. The smallest absolute Gasteiger partial charge is 0.408 e. The molecule has 14 nitrogen and oxygen atoms in total. The third kappa shape index (κ3) is 16.2. The highest BCUT2D eigenvalue weighted by atomic mass is 16.6. The summed E-state index contributed by atoms with van der Waals surface area (Å²) in [4.78, 5) is 85.7. The van der Waals surface area contributed by atoms with Crippen LogP contribution >= 0.6 is 0 Å². The largest absolute Gasteiger partial charge is 0.444 e. The van der Waals surface area contributed by atoms with E-state index in [0.29, 0.717) is 30.5 Å². The number of carbonyl (C=O) groups is 7. The van der Waals surface area contributed by atoms with Crippen molar-refractivity contribution in [2.24, 2.45) is 0 Å². The predicted octanol–water partition coefficient (Wildman–Crippen LogP) is 1.08. The number of anilines is 1. The van der Waals surface area contributed by atoms with Crippen molar-refractivity contribution in [1.82, 2.24) is 26.6 Å². The highest BCUT2D eigenvalue weighted by Crippen LogP contribution is 2.14. The van der Waals surface area contributed by atoms with Crippen LogP contribution in [0.15, 0.2) is 24.3 Å². The van der Waals surface area contributed by atoms with Crippen LogP contribution in [0, 0.1) is 0 Å². The Labute approximate surface area is 258 Å². The SMILES string of the molecule is CNC(=O)CC[C@H](NC(=O)OC(C)(C)C)C(=O)N[C@@H](Cc1ccc(NC(=O)CCCCC(C)=O)cc1)C(=O)NCC(=O)NC. The van der Waals surface area contributed by atoms with Crippen molar-refractivity contribution in [3.8, 4) is 0 Å². The van der Waals surface area contributed by atoms with Crippen molar-refractivity contribution in [3.05, 3.63) is 29.8 Å². The minimum Gasteiger partial charge on any atom is -0.444 e. The van der Waals surface area contributed by atoms with Gasteiger partial charge in [-0.1, -0.05) is 12.1 Å². The van der Waals surface area contributed by atoms with Crippen LogP contribution in [-0.2, 0) is 39.9 Å². The molecule has 1 aromatic rings. The lowest BCUT2D eigenvalue weighted by atomic mass is 10.0. The lowest BCUT2D eigenvalue weighted by Crippen LogP contribution is -2.55. The Hall–Kier alpha value is -4.49. The van der Waals surface area contributed by atoms with E-state index in [4.69, 9.17) is 4.74 Å². The molecule has 0 spiro atoms. The number of nitrogens with one attached hydrogen (secondary N) is 6. The number of hydrogen-bond acceptors (Lipinski definition) is 8. The maximum atomic E-state index is 13.3. The molecule has 0 saturated carbocycles. The van der Waals surface area contributed by atoms with Crippen molar-refractivity contribution in [1.29, 1.82) is 0 Å². The lowest BCUT2D eigenvalue weighted by molar-refractivity contribution is -0.131. The van der Waals surface area contributed by atoms with Crippen molar-refractivity contribution in [2.45, 2.75) is 90.3 Å². The summed E-state index contributed by atoms with van der Waals surface area (Å²) >= 11 is 0. The monoisotopic (exact) mass is 618 g/mol.